The zero-order valence-corrected chi connectivity index (χ0v) is 27.9. The molecule has 2 aromatic heterocycles. The van der Waals surface area contributed by atoms with Gasteiger partial charge in [0, 0.05) is 41.2 Å². The van der Waals surface area contributed by atoms with Gasteiger partial charge in [-0.05, 0) is 73.3 Å². The lowest BCUT2D eigenvalue weighted by Gasteiger charge is -2.39. The Bertz CT molecular complexity index is 1630. The lowest BCUT2D eigenvalue weighted by molar-refractivity contribution is -0.144. The third-order valence-corrected chi connectivity index (χ3v) is 8.89. The number of esters is 1. The Morgan fingerprint density at radius 2 is 1.76 bits per heavy atom. The predicted octanol–water partition coefficient (Wildman–Crippen LogP) is 3.99. The van der Waals surface area contributed by atoms with Crippen molar-refractivity contribution in [1.82, 2.24) is 29.9 Å². The summed E-state index contributed by atoms with van der Waals surface area (Å²) in [7, 11) is 3.85. The molecule has 5 rings (SSSR count). The smallest absolute Gasteiger partial charge is 0.407 e. The van der Waals surface area contributed by atoms with Crippen molar-refractivity contribution in [1.29, 1.82) is 0 Å². The molecule has 1 aromatic carbocycles. The molecule has 0 saturated carbocycles. The number of thiophene rings is 1. The molecule has 0 unspecified atom stereocenters. The van der Waals surface area contributed by atoms with Gasteiger partial charge < -0.3 is 24.6 Å². The number of nitrogens with zero attached hydrogens (tertiary/aromatic N) is 6. The number of amides is 2. The van der Waals surface area contributed by atoms with E-state index in [1.54, 1.807) is 28.4 Å². The van der Waals surface area contributed by atoms with Crippen LogP contribution in [0.5, 0.6) is 0 Å². The summed E-state index contributed by atoms with van der Waals surface area (Å²) in [5.41, 5.74) is 3.56. The molecule has 1 saturated heterocycles. The van der Waals surface area contributed by atoms with E-state index in [4.69, 9.17) is 14.5 Å². The number of carbonyl (C=O) groups is 3. The van der Waals surface area contributed by atoms with Crippen molar-refractivity contribution >= 4 is 35.0 Å². The molecule has 1 fully saturated rings. The van der Waals surface area contributed by atoms with Gasteiger partial charge in [-0.2, -0.15) is 0 Å². The van der Waals surface area contributed by atoms with Gasteiger partial charge >= 0.3 is 12.1 Å². The number of likely N-dealkylation sites (tertiary alicyclic amines) is 1. The Labute approximate surface area is 267 Å². The van der Waals surface area contributed by atoms with E-state index < -0.39 is 17.7 Å². The largest absolute Gasteiger partial charge is 0.464 e. The average molecular weight is 636 g/mol. The van der Waals surface area contributed by atoms with E-state index in [9.17, 15) is 14.4 Å². The molecule has 0 bridgehead atoms. The topological polar surface area (TPSA) is 131 Å². The highest BCUT2D eigenvalue weighted by atomic mass is 32.1. The van der Waals surface area contributed by atoms with Gasteiger partial charge in [0.25, 0.3) is 5.91 Å². The lowest BCUT2D eigenvalue weighted by atomic mass is 9.98. The standard InChI is InChI=1S/C32H41N7O5S/c1-18-19(2)45-30-26(18)27(34-24(28-36-35-20(3)39(28)30)15-25(40)43-14-13-37(7)8)21-9-11-22(12-10-21)29(41)38-16-23(17-38)33-31(42)44-32(4,5)6/h9-12,23-24H,13-17H2,1-8H3,(H,33,42)/t24-/m0/s1. The fourth-order valence-electron chi connectivity index (χ4n) is 5.25. The van der Waals surface area contributed by atoms with Gasteiger partial charge in [-0.25, -0.2) is 4.79 Å². The molecule has 0 radical (unpaired) electrons. The molecule has 1 N–H and O–H groups in total. The first-order valence-electron chi connectivity index (χ1n) is 15.0. The third-order valence-electron chi connectivity index (χ3n) is 7.70. The first kappa shape index (κ1) is 32.3. The number of aliphatic imine (C=N–C) groups is 1. The summed E-state index contributed by atoms with van der Waals surface area (Å²) in [5, 5.41) is 12.5. The number of fused-ring (bicyclic) bond motifs is 3. The second-order valence-electron chi connectivity index (χ2n) is 12.8. The number of benzene rings is 1. The van der Waals surface area contributed by atoms with Crippen LogP contribution in [-0.2, 0) is 14.3 Å². The monoisotopic (exact) mass is 635 g/mol. The van der Waals surface area contributed by atoms with Crippen molar-refractivity contribution in [2.75, 3.05) is 40.3 Å². The summed E-state index contributed by atoms with van der Waals surface area (Å²) in [6.07, 6.45) is -0.467. The minimum Gasteiger partial charge on any atom is -0.464 e. The van der Waals surface area contributed by atoms with Gasteiger partial charge in [-0.15, -0.1) is 21.5 Å². The van der Waals surface area contributed by atoms with Gasteiger partial charge in [-0.1, -0.05) is 12.1 Å². The van der Waals surface area contributed by atoms with E-state index in [-0.39, 0.29) is 30.9 Å². The minimum absolute atomic E-state index is 0.0199. The van der Waals surface area contributed by atoms with Gasteiger partial charge in [0.1, 0.15) is 29.1 Å². The van der Waals surface area contributed by atoms with Crippen LogP contribution in [-0.4, -0.2) is 100 Å². The number of rotatable bonds is 8. The van der Waals surface area contributed by atoms with E-state index in [0.717, 1.165) is 32.3 Å². The molecule has 1 atom stereocenters. The summed E-state index contributed by atoms with van der Waals surface area (Å²) in [5.74, 6) is 0.832. The number of likely N-dealkylation sites (N-methyl/N-ethyl adjacent to an activating group) is 1. The Hall–Kier alpha value is -4.10. The van der Waals surface area contributed by atoms with Gasteiger partial charge in [-0.3, -0.25) is 19.1 Å². The molecule has 13 heteroatoms. The Morgan fingerprint density at radius 3 is 2.40 bits per heavy atom. The SMILES string of the molecule is Cc1sc2c(c1C)C(c1ccc(C(=O)N3CC(NC(=O)OC(C)(C)C)C3)cc1)=N[C@@H](CC(=O)OCCN(C)C)c1nnc(C)n1-2. The number of aromatic nitrogens is 3. The van der Waals surface area contributed by atoms with Crippen molar-refractivity contribution in [2.24, 2.45) is 4.99 Å². The average Bonchev–Trinajstić information content (AvgIpc) is 3.41. The number of nitrogens with one attached hydrogen (secondary N) is 1. The van der Waals surface area contributed by atoms with E-state index in [1.165, 1.54) is 0 Å². The highest BCUT2D eigenvalue weighted by molar-refractivity contribution is 7.15. The first-order chi connectivity index (χ1) is 21.2. The second-order valence-corrected chi connectivity index (χ2v) is 14.0. The van der Waals surface area contributed by atoms with Gasteiger partial charge in [0.2, 0.25) is 0 Å². The van der Waals surface area contributed by atoms with Crippen LogP contribution in [0.25, 0.3) is 5.00 Å². The third kappa shape index (κ3) is 7.09. The van der Waals surface area contributed by atoms with Crippen LogP contribution in [0.3, 0.4) is 0 Å². The van der Waals surface area contributed by atoms with Gasteiger partial charge in [0.15, 0.2) is 5.82 Å². The molecule has 0 aliphatic carbocycles. The highest BCUT2D eigenvalue weighted by Crippen LogP contribution is 2.39. The predicted molar refractivity (Wildman–Crippen MR) is 171 cm³/mol. The Morgan fingerprint density at radius 1 is 1.07 bits per heavy atom. The normalized spacial score (nSPS) is 16.3. The molecule has 2 amide bonds. The van der Waals surface area contributed by atoms with Crippen molar-refractivity contribution in [2.45, 2.75) is 65.6 Å². The van der Waals surface area contributed by atoms with E-state index in [2.05, 4.69) is 29.4 Å². The van der Waals surface area contributed by atoms with E-state index in [0.29, 0.717) is 36.8 Å². The summed E-state index contributed by atoms with van der Waals surface area (Å²) < 4.78 is 12.8. The van der Waals surface area contributed by atoms with Crippen molar-refractivity contribution < 1.29 is 23.9 Å². The summed E-state index contributed by atoms with van der Waals surface area (Å²) in [6.45, 7) is 13.2. The molecule has 4 heterocycles. The summed E-state index contributed by atoms with van der Waals surface area (Å²) in [6, 6.07) is 6.62. The molecular weight excluding hydrogens is 594 g/mol. The molecular formula is C32H41N7O5S. The van der Waals surface area contributed by atoms with Crippen LogP contribution in [0.4, 0.5) is 4.79 Å². The van der Waals surface area contributed by atoms with Crippen molar-refractivity contribution in [3.05, 3.63) is 63.0 Å². The number of carbonyl (C=O) groups excluding carboxylic acids is 3. The second kappa shape index (κ2) is 12.7. The number of hydrogen-bond acceptors (Lipinski definition) is 10. The Kier molecular flexibility index (Phi) is 9.13. The molecule has 0 spiro atoms. The maximum Gasteiger partial charge on any atom is 0.407 e. The summed E-state index contributed by atoms with van der Waals surface area (Å²) in [4.78, 5) is 48.1. The fraction of sp³-hybridized carbons (Fsp3) is 0.500. The van der Waals surface area contributed by atoms with Crippen LogP contribution in [0.2, 0.25) is 0 Å². The van der Waals surface area contributed by atoms with Crippen molar-refractivity contribution in [3.63, 3.8) is 0 Å². The molecule has 240 valence electrons. The number of alkyl carbamates (subject to hydrolysis) is 1. The van der Waals surface area contributed by atoms with Crippen LogP contribution in [0, 0.1) is 20.8 Å². The first-order valence-corrected chi connectivity index (χ1v) is 15.8. The van der Waals surface area contributed by atoms with E-state index in [1.807, 2.05) is 63.4 Å². The number of aryl methyl sites for hydroxylation is 2. The Balaban J connectivity index is 1.38. The maximum atomic E-state index is 13.2. The molecule has 2 aliphatic rings. The zero-order chi connectivity index (χ0) is 32.6. The van der Waals surface area contributed by atoms with Crippen LogP contribution >= 0.6 is 11.3 Å². The maximum absolute atomic E-state index is 13.2. The molecule has 12 nitrogen and oxygen atoms in total. The van der Waals surface area contributed by atoms with Crippen LogP contribution in [0.15, 0.2) is 29.3 Å². The number of ether oxygens (including phenoxy) is 2. The van der Waals surface area contributed by atoms with Crippen molar-refractivity contribution in [3.8, 4) is 5.00 Å². The summed E-state index contributed by atoms with van der Waals surface area (Å²) >= 11 is 1.64. The number of hydrogen-bond donors (Lipinski definition) is 1. The van der Waals surface area contributed by atoms with E-state index >= 15 is 0 Å². The lowest BCUT2D eigenvalue weighted by Crippen LogP contribution is -2.61. The fourth-order valence-corrected chi connectivity index (χ4v) is 6.46. The minimum atomic E-state index is -0.607. The zero-order valence-electron chi connectivity index (χ0n) is 27.1. The highest BCUT2D eigenvalue weighted by Gasteiger charge is 2.35. The quantitative estimate of drug-likeness (QED) is 0.368. The molecule has 45 heavy (non-hydrogen) atoms. The van der Waals surface area contributed by atoms with Gasteiger partial charge in [0.05, 0.1) is 18.2 Å². The molecule has 2 aliphatic heterocycles. The molecule has 3 aromatic rings. The van der Waals surface area contributed by atoms with Crippen LogP contribution in [0.1, 0.15) is 76.8 Å². The van der Waals surface area contributed by atoms with Crippen LogP contribution < -0.4 is 5.32 Å².